The van der Waals surface area contributed by atoms with Crippen molar-refractivity contribution in [2.45, 2.75) is 51.4 Å². The molecule has 6 nitrogen and oxygen atoms in total. The van der Waals surface area contributed by atoms with Crippen LogP contribution in [-0.4, -0.2) is 40.9 Å². The van der Waals surface area contributed by atoms with Crippen molar-refractivity contribution < 1.29 is 19.5 Å². The van der Waals surface area contributed by atoms with Crippen molar-refractivity contribution in [2.24, 2.45) is 17.3 Å². The van der Waals surface area contributed by atoms with Gasteiger partial charge in [0.15, 0.2) is 0 Å². The maximum absolute atomic E-state index is 13.0. The van der Waals surface area contributed by atoms with Gasteiger partial charge in [-0.15, -0.1) is 0 Å². The second kappa shape index (κ2) is 7.57. The Labute approximate surface area is 165 Å². The highest BCUT2D eigenvalue weighted by atomic mass is 16.4. The number of carboxylic acids is 1. The fraction of sp³-hybridized carbons (Fsp3) is 0.591. The van der Waals surface area contributed by atoms with Gasteiger partial charge in [-0.25, -0.2) is 0 Å². The molecule has 1 aromatic rings. The summed E-state index contributed by atoms with van der Waals surface area (Å²) >= 11 is 0. The predicted molar refractivity (Wildman–Crippen MR) is 105 cm³/mol. The number of rotatable bonds is 4. The van der Waals surface area contributed by atoms with Gasteiger partial charge >= 0.3 is 5.97 Å². The van der Waals surface area contributed by atoms with Crippen LogP contribution in [0.4, 0.5) is 5.69 Å². The smallest absolute Gasteiger partial charge is 0.311 e. The van der Waals surface area contributed by atoms with Gasteiger partial charge in [0.05, 0.1) is 5.41 Å². The van der Waals surface area contributed by atoms with Crippen molar-refractivity contribution in [1.29, 1.82) is 0 Å². The van der Waals surface area contributed by atoms with E-state index in [1.54, 1.807) is 29.2 Å². The second-order valence-corrected chi connectivity index (χ2v) is 8.64. The molecule has 0 spiro atoms. The van der Waals surface area contributed by atoms with Crippen LogP contribution in [0.25, 0.3) is 0 Å². The number of aliphatic carboxylic acids is 1. The monoisotopic (exact) mass is 384 g/mol. The number of likely N-dealkylation sites (tertiary alicyclic amines) is 1. The van der Waals surface area contributed by atoms with Crippen LogP contribution >= 0.6 is 0 Å². The zero-order valence-corrected chi connectivity index (χ0v) is 16.2. The lowest BCUT2D eigenvalue weighted by molar-refractivity contribution is -0.149. The van der Waals surface area contributed by atoms with E-state index in [9.17, 15) is 19.5 Å². The van der Waals surface area contributed by atoms with Gasteiger partial charge in [-0.05, 0) is 49.8 Å². The lowest BCUT2D eigenvalue weighted by Crippen LogP contribution is -2.37. The first-order valence-corrected chi connectivity index (χ1v) is 10.4. The minimum absolute atomic E-state index is 0.0323. The number of carbonyl (C=O) groups excluding carboxylic acids is 2. The van der Waals surface area contributed by atoms with Crippen molar-refractivity contribution in [1.82, 2.24) is 4.90 Å². The van der Waals surface area contributed by atoms with E-state index in [1.165, 1.54) is 6.42 Å². The van der Waals surface area contributed by atoms with Gasteiger partial charge in [0.1, 0.15) is 0 Å². The normalized spacial score (nSPS) is 27.4. The van der Waals surface area contributed by atoms with Crippen molar-refractivity contribution in [3.63, 3.8) is 0 Å². The molecule has 0 bridgehead atoms. The summed E-state index contributed by atoms with van der Waals surface area (Å²) in [5, 5.41) is 12.7. The minimum Gasteiger partial charge on any atom is -0.481 e. The van der Waals surface area contributed by atoms with E-state index in [2.05, 4.69) is 5.32 Å². The fourth-order valence-electron chi connectivity index (χ4n) is 5.32. The molecule has 0 unspecified atom stereocenters. The number of carboxylic acid groups (broad SMARTS) is 1. The molecule has 1 heterocycles. The standard InChI is InChI=1S/C22H28N2O4/c25-19(15-6-2-1-3-7-15)23-18-10-4-8-16(12-18)20(26)24-13-17-9-5-11-22(17,14-24)21(27)28/h4,8,10,12,15,17H,1-3,5-7,9,11,13-14H2,(H,23,25)(H,27,28)/t17-,22+/m0/s1. The molecule has 150 valence electrons. The molecule has 6 heteroatoms. The van der Waals surface area contributed by atoms with Crippen LogP contribution in [-0.2, 0) is 9.59 Å². The highest BCUT2D eigenvalue weighted by molar-refractivity contribution is 5.98. The van der Waals surface area contributed by atoms with Gasteiger partial charge in [-0.2, -0.15) is 0 Å². The first-order chi connectivity index (χ1) is 13.5. The largest absolute Gasteiger partial charge is 0.481 e. The fourth-order valence-corrected chi connectivity index (χ4v) is 5.32. The lowest BCUT2D eigenvalue weighted by atomic mass is 9.81. The Morgan fingerprint density at radius 2 is 1.86 bits per heavy atom. The van der Waals surface area contributed by atoms with Crippen LogP contribution in [0, 0.1) is 17.3 Å². The first-order valence-electron chi connectivity index (χ1n) is 10.4. The van der Waals surface area contributed by atoms with Crippen LogP contribution in [0.1, 0.15) is 61.7 Å². The zero-order chi connectivity index (χ0) is 19.7. The molecule has 1 aromatic carbocycles. The summed E-state index contributed by atoms with van der Waals surface area (Å²) in [4.78, 5) is 39.0. The van der Waals surface area contributed by atoms with Crippen LogP contribution in [0.3, 0.4) is 0 Å². The van der Waals surface area contributed by atoms with Crippen LogP contribution < -0.4 is 5.32 Å². The Morgan fingerprint density at radius 1 is 1.07 bits per heavy atom. The van der Waals surface area contributed by atoms with E-state index in [-0.39, 0.29) is 30.2 Å². The van der Waals surface area contributed by atoms with E-state index in [0.29, 0.717) is 24.2 Å². The highest BCUT2D eigenvalue weighted by Crippen LogP contribution is 2.49. The Balaban J connectivity index is 1.45. The molecular weight excluding hydrogens is 356 g/mol. The summed E-state index contributed by atoms with van der Waals surface area (Å²) in [5.41, 5.74) is 0.360. The van der Waals surface area contributed by atoms with Gasteiger partial charge in [0.2, 0.25) is 5.91 Å². The molecule has 3 fully saturated rings. The Hall–Kier alpha value is -2.37. The van der Waals surface area contributed by atoms with E-state index in [4.69, 9.17) is 0 Å². The molecule has 2 saturated carbocycles. The van der Waals surface area contributed by atoms with E-state index in [0.717, 1.165) is 38.5 Å². The zero-order valence-electron chi connectivity index (χ0n) is 16.2. The van der Waals surface area contributed by atoms with Crippen molar-refractivity contribution in [3.8, 4) is 0 Å². The summed E-state index contributed by atoms with van der Waals surface area (Å²) < 4.78 is 0. The molecular formula is C22H28N2O4. The summed E-state index contributed by atoms with van der Waals surface area (Å²) in [6.07, 6.45) is 7.68. The van der Waals surface area contributed by atoms with Crippen LogP contribution in [0.5, 0.6) is 0 Å². The number of carbonyl (C=O) groups is 3. The SMILES string of the molecule is O=C(Nc1cccc(C(=O)N2C[C@@H]3CCC[C@@]3(C(=O)O)C2)c1)C1CCCCC1. The predicted octanol–water partition coefficient (Wildman–Crippen LogP) is 3.53. The molecule has 1 aliphatic heterocycles. The second-order valence-electron chi connectivity index (χ2n) is 8.64. The summed E-state index contributed by atoms with van der Waals surface area (Å²) in [5.74, 6) is -0.794. The average Bonchev–Trinajstić information content (AvgIpc) is 3.27. The number of benzene rings is 1. The summed E-state index contributed by atoms with van der Waals surface area (Å²) in [7, 11) is 0. The lowest BCUT2D eigenvalue weighted by Gasteiger charge is -2.23. The number of hydrogen-bond donors (Lipinski definition) is 2. The maximum Gasteiger partial charge on any atom is 0.311 e. The molecule has 3 aliphatic rings. The van der Waals surface area contributed by atoms with Crippen molar-refractivity contribution >= 4 is 23.5 Å². The van der Waals surface area contributed by atoms with Gasteiger partial charge in [-0.3, -0.25) is 14.4 Å². The van der Waals surface area contributed by atoms with Crippen molar-refractivity contribution in [2.75, 3.05) is 18.4 Å². The molecule has 0 aromatic heterocycles. The number of fused-ring (bicyclic) bond motifs is 1. The minimum atomic E-state index is -0.779. The first kappa shape index (κ1) is 19.0. The number of nitrogens with one attached hydrogen (secondary N) is 1. The quantitative estimate of drug-likeness (QED) is 0.831. The van der Waals surface area contributed by atoms with E-state index < -0.39 is 11.4 Å². The summed E-state index contributed by atoms with van der Waals surface area (Å²) in [6.45, 7) is 0.786. The Morgan fingerprint density at radius 3 is 2.57 bits per heavy atom. The average molecular weight is 384 g/mol. The summed E-state index contributed by atoms with van der Waals surface area (Å²) in [6, 6.07) is 7.02. The number of amides is 2. The van der Waals surface area contributed by atoms with Crippen molar-refractivity contribution in [3.05, 3.63) is 29.8 Å². The molecule has 2 N–H and O–H groups in total. The topological polar surface area (TPSA) is 86.7 Å². The van der Waals surface area contributed by atoms with Gasteiger partial charge in [0.25, 0.3) is 5.91 Å². The maximum atomic E-state index is 13.0. The Kier molecular flexibility index (Phi) is 5.13. The molecule has 2 aliphatic carbocycles. The molecule has 28 heavy (non-hydrogen) atoms. The van der Waals surface area contributed by atoms with Crippen LogP contribution in [0.15, 0.2) is 24.3 Å². The third-order valence-electron chi connectivity index (χ3n) is 6.94. The molecule has 0 radical (unpaired) electrons. The Bertz CT molecular complexity index is 786. The number of anilines is 1. The molecule has 1 saturated heterocycles. The van der Waals surface area contributed by atoms with Gasteiger partial charge in [0, 0.05) is 30.3 Å². The number of hydrogen-bond acceptors (Lipinski definition) is 3. The number of nitrogens with zero attached hydrogens (tertiary/aromatic N) is 1. The third kappa shape index (κ3) is 3.40. The van der Waals surface area contributed by atoms with Crippen LogP contribution in [0.2, 0.25) is 0 Å². The van der Waals surface area contributed by atoms with E-state index >= 15 is 0 Å². The molecule has 2 atom stereocenters. The third-order valence-corrected chi connectivity index (χ3v) is 6.94. The van der Waals surface area contributed by atoms with Gasteiger partial charge < -0.3 is 15.3 Å². The molecule has 2 amide bonds. The van der Waals surface area contributed by atoms with E-state index in [1.807, 2.05) is 0 Å². The highest BCUT2D eigenvalue weighted by Gasteiger charge is 2.55. The molecule has 4 rings (SSSR count). The van der Waals surface area contributed by atoms with Gasteiger partial charge in [-0.1, -0.05) is 31.7 Å².